The van der Waals surface area contributed by atoms with Crippen molar-refractivity contribution < 1.29 is 9.15 Å². The second kappa shape index (κ2) is 5.03. The van der Waals surface area contributed by atoms with Crippen molar-refractivity contribution in [3.63, 3.8) is 0 Å². The topological polar surface area (TPSA) is 78.2 Å². The van der Waals surface area contributed by atoms with Crippen molar-refractivity contribution in [2.24, 2.45) is 5.84 Å². The summed E-state index contributed by atoms with van der Waals surface area (Å²) < 4.78 is 12.2. The fraction of sp³-hybridized carbons (Fsp3) is 0.364. The summed E-state index contributed by atoms with van der Waals surface area (Å²) in [4.78, 5) is 0. The van der Waals surface area contributed by atoms with Gasteiger partial charge in [0, 0.05) is 12.1 Å². The summed E-state index contributed by atoms with van der Waals surface area (Å²) in [6, 6.07) is 1.66. The first-order valence-corrected chi connectivity index (χ1v) is 5.39. The summed E-state index contributed by atoms with van der Waals surface area (Å²) in [7, 11) is 1.61. The smallest absolute Gasteiger partial charge is 0.161 e. The standard InChI is InChI=1S/C11H16N4O2/c1-3-15-11(9(16-2)6-13-15)10(14-12)8-4-5-17-7-8/h4-7,10,14H,3,12H2,1-2H3. The lowest BCUT2D eigenvalue weighted by molar-refractivity contribution is 0.399. The molecule has 0 aliphatic rings. The molecule has 0 saturated carbocycles. The van der Waals surface area contributed by atoms with Crippen LogP contribution < -0.4 is 16.0 Å². The van der Waals surface area contributed by atoms with Crippen LogP contribution in [0.3, 0.4) is 0 Å². The molecule has 0 aromatic carbocycles. The Kier molecular flexibility index (Phi) is 3.46. The van der Waals surface area contributed by atoms with Crippen molar-refractivity contribution >= 4 is 0 Å². The minimum Gasteiger partial charge on any atom is -0.493 e. The largest absolute Gasteiger partial charge is 0.493 e. The summed E-state index contributed by atoms with van der Waals surface area (Å²) in [6.07, 6.45) is 4.94. The van der Waals surface area contributed by atoms with Gasteiger partial charge >= 0.3 is 0 Å². The molecule has 3 N–H and O–H groups in total. The van der Waals surface area contributed by atoms with E-state index in [-0.39, 0.29) is 6.04 Å². The zero-order valence-corrected chi connectivity index (χ0v) is 9.88. The SMILES string of the molecule is CCn1ncc(OC)c1C(NN)c1ccoc1. The molecule has 1 unspecified atom stereocenters. The maximum atomic E-state index is 5.61. The molecule has 2 aromatic heterocycles. The average molecular weight is 236 g/mol. The summed E-state index contributed by atoms with van der Waals surface area (Å²) in [5, 5.41) is 4.25. The number of methoxy groups -OCH3 is 1. The lowest BCUT2D eigenvalue weighted by atomic mass is 10.1. The van der Waals surface area contributed by atoms with Gasteiger partial charge in [0.25, 0.3) is 0 Å². The van der Waals surface area contributed by atoms with Crippen molar-refractivity contribution in [2.45, 2.75) is 19.5 Å². The van der Waals surface area contributed by atoms with E-state index in [1.54, 1.807) is 25.8 Å². The molecule has 17 heavy (non-hydrogen) atoms. The van der Waals surface area contributed by atoms with Crippen LogP contribution in [0, 0.1) is 0 Å². The Hall–Kier alpha value is -1.79. The molecular formula is C11H16N4O2. The Morgan fingerprint density at radius 1 is 1.65 bits per heavy atom. The van der Waals surface area contributed by atoms with E-state index in [0.717, 1.165) is 17.8 Å². The second-order valence-electron chi connectivity index (χ2n) is 3.57. The van der Waals surface area contributed by atoms with Crippen LogP contribution in [0.25, 0.3) is 0 Å². The van der Waals surface area contributed by atoms with Crippen molar-refractivity contribution in [1.29, 1.82) is 0 Å². The number of hydrogen-bond donors (Lipinski definition) is 2. The quantitative estimate of drug-likeness (QED) is 0.599. The molecule has 0 bridgehead atoms. The van der Waals surface area contributed by atoms with Gasteiger partial charge in [0.2, 0.25) is 0 Å². The number of ether oxygens (including phenoxy) is 1. The van der Waals surface area contributed by atoms with Crippen LogP contribution in [0.5, 0.6) is 5.75 Å². The summed E-state index contributed by atoms with van der Waals surface area (Å²) in [5.41, 5.74) is 4.57. The monoisotopic (exact) mass is 236 g/mol. The third kappa shape index (κ3) is 2.04. The summed E-state index contributed by atoms with van der Waals surface area (Å²) in [5.74, 6) is 6.32. The molecule has 92 valence electrons. The van der Waals surface area contributed by atoms with Gasteiger partial charge in [-0.2, -0.15) is 5.10 Å². The van der Waals surface area contributed by atoms with Gasteiger partial charge in [-0.1, -0.05) is 0 Å². The molecule has 2 heterocycles. The van der Waals surface area contributed by atoms with Crippen LogP contribution in [0.2, 0.25) is 0 Å². The van der Waals surface area contributed by atoms with Crippen LogP contribution >= 0.6 is 0 Å². The number of aromatic nitrogens is 2. The van der Waals surface area contributed by atoms with Crippen LogP contribution in [0.4, 0.5) is 0 Å². The molecule has 6 heteroatoms. The number of hydrazine groups is 1. The number of nitrogens with zero attached hydrogens (tertiary/aromatic N) is 2. The minimum absolute atomic E-state index is 0.203. The van der Waals surface area contributed by atoms with Crippen LogP contribution in [0.15, 0.2) is 29.2 Å². The fourth-order valence-corrected chi connectivity index (χ4v) is 1.85. The molecular weight excluding hydrogens is 220 g/mol. The number of nitrogens with one attached hydrogen (secondary N) is 1. The highest BCUT2D eigenvalue weighted by Gasteiger charge is 2.22. The highest BCUT2D eigenvalue weighted by atomic mass is 16.5. The summed E-state index contributed by atoms with van der Waals surface area (Å²) in [6.45, 7) is 2.76. The zero-order chi connectivity index (χ0) is 12.3. The number of nitrogens with two attached hydrogens (primary N) is 1. The van der Waals surface area contributed by atoms with E-state index < -0.39 is 0 Å². The maximum absolute atomic E-state index is 5.61. The van der Waals surface area contributed by atoms with E-state index in [4.69, 9.17) is 15.0 Å². The third-order valence-electron chi connectivity index (χ3n) is 2.68. The third-order valence-corrected chi connectivity index (χ3v) is 2.68. The van der Waals surface area contributed by atoms with Crippen molar-refractivity contribution in [3.05, 3.63) is 36.0 Å². The molecule has 0 aliphatic heterocycles. The predicted octanol–water partition coefficient (Wildman–Crippen LogP) is 1.06. The molecule has 0 spiro atoms. The van der Waals surface area contributed by atoms with Crippen molar-refractivity contribution in [2.75, 3.05) is 7.11 Å². The molecule has 1 atom stereocenters. The first-order valence-electron chi connectivity index (χ1n) is 5.39. The van der Waals surface area contributed by atoms with Gasteiger partial charge in [-0.15, -0.1) is 0 Å². The Balaban J connectivity index is 2.46. The first-order chi connectivity index (χ1) is 8.31. The highest BCUT2D eigenvalue weighted by molar-refractivity contribution is 5.34. The molecule has 0 aliphatic carbocycles. The van der Waals surface area contributed by atoms with Crippen LogP contribution in [-0.4, -0.2) is 16.9 Å². The Morgan fingerprint density at radius 2 is 2.47 bits per heavy atom. The van der Waals surface area contributed by atoms with Crippen molar-refractivity contribution in [1.82, 2.24) is 15.2 Å². The van der Waals surface area contributed by atoms with Crippen molar-refractivity contribution in [3.8, 4) is 5.75 Å². The number of aryl methyl sites for hydroxylation is 1. The molecule has 2 aromatic rings. The van der Waals surface area contributed by atoms with Gasteiger partial charge in [0.05, 0.1) is 31.9 Å². The van der Waals surface area contributed by atoms with Crippen LogP contribution in [-0.2, 0) is 6.54 Å². The Morgan fingerprint density at radius 3 is 3.00 bits per heavy atom. The minimum atomic E-state index is -0.203. The highest BCUT2D eigenvalue weighted by Crippen LogP contribution is 2.29. The Bertz CT molecular complexity index is 442. The van der Waals surface area contributed by atoms with E-state index in [1.807, 2.05) is 17.7 Å². The molecule has 6 nitrogen and oxygen atoms in total. The van der Waals surface area contributed by atoms with Gasteiger partial charge < -0.3 is 9.15 Å². The molecule has 0 saturated heterocycles. The lowest BCUT2D eigenvalue weighted by Crippen LogP contribution is -2.30. The van der Waals surface area contributed by atoms with Gasteiger partial charge in [-0.3, -0.25) is 10.5 Å². The second-order valence-corrected chi connectivity index (χ2v) is 3.57. The zero-order valence-electron chi connectivity index (χ0n) is 9.88. The van der Waals surface area contributed by atoms with E-state index in [2.05, 4.69) is 10.5 Å². The van der Waals surface area contributed by atoms with Crippen LogP contribution in [0.1, 0.15) is 24.2 Å². The van der Waals surface area contributed by atoms with Gasteiger partial charge in [-0.05, 0) is 13.0 Å². The number of furan rings is 1. The molecule has 0 fully saturated rings. The fourth-order valence-electron chi connectivity index (χ4n) is 1.85. The van der Waals surface area contributed by atoms with E-state index in [1.165, 1.54) is 0 Å². The predicted molar refractivity (Wildman–Crippen MR) is 62.3 cm³/mol. The Labute approximate surface area is 99.3 Å². The van der Waals surface area contributed by atoms with Gasteiger partial charge in [0.1, 0.15) is 5.69 Å². The number of rotatable bonds is 5. The lowest BCUT2D eigenvalue weighted by Gasteiger charge is -2.17. The maximum Gasteiger partial charge on any atom is 0.161 e. The molecule has 0 amide bonds. The number of hydrogen-bond acceptors (Lipinski definition) is 5. The van der Waals surface area contributed by atoms with Gasteiger partial charge in [0.15, 0.2) is 5.75 Å². The molecule has 2 rings (SSSR count). The van der Waals surface area contributed by atoms with E-state index in [0.29, 0.717) is 5.75 Å². The normalized spacial score (nSPS) is 12.6. The average Bonchev–Trinajstić information content (AvgIpc) is 2.99. The summed E-state index contributed by atoms with van der Waals surface area (Å²) >= 11 is 0. The van der Waals surface area contributed by atoms with Gasteiger partial charge in [-0.25, -0.2) is 5.43 Å². The molecule has 0 radical (unpaired) electrons. The first kappa shape index (κ1) is 11.7. The van der Waals surface area contributed by atoms with E-state index >= 15 is 0 Å². The van der Waals surface area contributed by atoms with E-state index in [9.17, 15) is 0 Å².